The number of hydrogen-bond donors (Lipinski definition) is 1. The van der Waals surface area contributed by atoms with Gasteiger partial charge in [-0.25, -0.2) is 0 Å². The van der Waals surface area contributed by atoms with Gasteiger partial charge in [0, 0.05) is 16.5 Å². The van der Waals surface area contributed by atoms with Crippen LogP contribution in [0.15, 0.2) is 33.4 Å². The van der Waals surface area contributed by atoms with E-state index in [1.54, 1.807) is 12.3 Å². The Labute approximate surface area is 125 Å². The average Bonchev–Trinajstić information content (AvgIpc) is 2.72. The normalized spacial score (nSPS) is 15.8. The fraction of sp³-hybridized carbons (Fsp3) is 0.333. The molecule has 0 radical (unpaired) electrons. The predicted molar refractivity (Wildman–Crippen MR) is 77.3 cm³/mol. The number of rotatable bonds is 2. The van der Waals surface area contributed by atoms with Gasteiger partial charge in [-0.15, -0.1) is 0 Å². The minimum atomic E-state index is -0.837. The van der Waals surface area contributed by atoms with Crippen molar-refractivity contribution in [1.29, 1.82) is 0 Å². The van der Waals surface area contributed by atoms with Crippen LogP contribution in [0.2, 0.25) is 0 Å². The van der Waals surface area contributed by atoms with Crippen LogP contribution >= 0.6 is 15.9 Å². The van der Waals surface area contributed by atoms with E-state index in [1.165, 1.54) is 0 Å². The highest BCUT2D eigenvalue weighted by molar-refractivity contribution is 9.10. The maximum Gasteiger partial charge on any atom is 0.162 e. The van der Waals surface area contributed by atoms with Crippen molar-refractivity contribution in [1.82, 2.24) is 0 Å². The molecule has 1 atom stereocenters. The highest BCUT2D eigenvalue weighted by Gasteiger charge is 2.22. The fourth-order valence-electron chi connectivity index (χ4n) is 2.21. The van der Waals surface area contributed by atoms with Crippen molar-refractivity contribution in [2.24, 2.45) is 0 Å². The van der Waals surface area contributed by atoms with Crippen molar-refractivity contribution in [3.8, 4) is 11.5 Å². The third kappa shape index (κ3) is 2.43. The minimum Gasteiger partial charge on any atom is -0.490 e. The Morgan fingerprint density at radius 3 is 2.55 bits per heavy atom. The maximum atomic E-state index is 10.5. The second kappa shape index (κ2) is 5.50. The number of halogens is 1. The standard InChI is InChI=1S/C15H15BrO4/c1-9-3-6-20-15(9)14(17)10-7-12-13(8-11(10)16)19-5-2-4-18-12/h3,6-8,14,17H,2,4-5H2,1H3. The number of hydrogen-bond acceptors (Lipinski definition) is 4. The molecule has 20 heavy (non-hydrogen) atoms. The Morgan fingerprint density at radius 1 is 1.20 bits per heavy atom. The summed E-state index contributed by atoms with van der Waals surface area (Å²) < 4.78 is 17.4. The highest BCUT2D eigenvalue weighted by Crippen LogP contribution is 2.39. The Bertz CT molecular complexity index is 620. The van der Waals surface area contributed by atoms with Gasteiger partial charge in [-0.2, -0.15) is 0 Å². The van der Waals surface area contributed by atoms with E-state index in [4.69, 9.17) is 13.9 Å². The number of fused-ring (bicyclic) bond motifs is 1. The Hall–Kier alpha value is -1.46. The summed E-state index contributed by atoms with van der Waals surface area (Å²) in [5, 5.41) is 10.5. The Kier molecular flexibility index (Phi) is 3.72. The first kappa shape index (κ1) is 13.5. The third-order valence-electron chi connectivity index (χ3n) is 3.31. The molecule has 0 saturated carbocycles. The van der Waals surface area contributed by atoms with Gasteiger partial charge in [-0.05, 0) is 30.7 Å². The second-order valence-electron chi connectivity index (χ2n) is 4.74. The van der Waals surface area contributed by atoms with Crippen LogP contribution in [0, 0.1) is 6.92 Å². The van der Waals surface area contributed by atoms with Crippen molar-refractivity contribution in [2.45, 2.75) is 19.4 Å². The van der Waals surface area contributed by atoms with Gasteiger partial charge in [0.05, 0.1) is 19.5 Å². The monoisotopic (exact) mass is 338 g/mol. The molecule has 4 nitrogen and oxygen atoms in total. The number of aryl methyl sites for hydroxylation is 1. The Balaban J connectivity index is 2.01. The molecule has 1 aliphatic rings. The van der Waals surface area contributed by atoms with Gasteiger partial charge in [-0.3, -0.25) is 0 Å². The van der Waals surface area contributed by atoms with Crippen LogP contribution in [0.1, 0.15) is 29.4 Å². The van der Waals surface area contributed by atoms with Gasteiger partial charge >= 0.3 is 0 Å². The molecule has 2 aromatic rings. The van der Waals surface area contributed by atoms with Gasteiger partial charge in [0.2, 0.25) is 0 Å². The van der Waals surface area contributed by atoms with Crippen molar-refractivity contribution in [3.63, 3.8) is 0 Å². The van der Waals surface area contributed by atoms with Crippen LogP contribution in [-0.4, -0.2) is 18.3 Å². The second-order valence-corrected chi connectivity index (χ2v) is 5.60. The molecule has 1 N–H and O–H groups in total. The van der Waals surface area contributed by atoms with Crippen molar-refractivity contribution in [2.75, 3.05) is 13.2 Å². The summed E-state index contributed by atoms with van der Waals surface area (Å²) in [7, 11) is 0. The largest absolute Gasteiger partial charge is 0.490 e. The van der Waals surface area contributed by atoms with Crippen LogP contribution in [0.3, 0.4) is 0 Å². The number of ether oxygens (including phenoxy) is 2. The molecule has 0 aliphatic carbocycles. The average molecular weight is 339 g/mol. The van der Waals surface area contributed by atoms with Gasteiger partial charge in [0.15, 0.2) is 11.5 Å². The number of benzene rings is 1. The molecule has 0 fully saturated rings. The van der Waals surface area contributed by atoms with Crippen molar-refractivity contribution >= 4 is 15.9 Å². The number of furan rings is 1. The van der Waals surface area contributed by atoms with Gasteiger partial charge in [-0.1, -0.05) is 15.9 Å². The summed E-state index contributed by atoms with van der Waals surface area (Å²) in [5.41, 5.74) is 1.61. The zero-order valence-corrected chi connectivity index (χ0v) is 12.6. The van der Waals surface area contributed by atoms with E-state index in [9.17, 15) is 5.11 Å². The van der Waals surface area contributed by atoms with Crippen LogP contribution in [-0.2, 0) is 0 Å². The molecule has 0 saturated heterocycles. The molecular weight excluding hydrogens is 324 g/mol. The molecule has 0 spiro atoms. The van der Waals surface area contributed by atoms with Crippen LogP contribution in [0.5, 0.6) is 11.5 Å². The van der Waals surface area contributed by atoms with E-state index < -0.39 is 6.10 Å². The summed E-state index contributed by atoms with van der Waals surface area (Å²) in [6, 6.07) is 5.46. The Morgan fingerprint density at radius 2 is 1.90 bits per heavy atom. The first-order valence-corrected chi connectivity index (χ1v) is 7.27. The number of aliphatic hydroxyl groups is 1. The van der Waals surface area contributed by atoms with E-state index in [0.717, 1.165) is 16.5 Å². The molecule has 1 aromatic carbocycles. The molecule has 1 unspecified atom stereocenters. The summed E-state index contributed by atoms with van der Waals surface area (Å²) in [5.74, 6) is 1.89. The van der Waals surface area contributed by atoms with Crippen LogP contribution in [0.25, 0.3) is 0 Å². The quantitative estimate of drug-likeness (QED) is 0.908. The number of aliphatic hydroxyl groups excluding tert-OH is 1. The first-order valence-electron chi connectivity index (χ1n) is 6.48. The van der Waals surface area contributed by atoms with Gasteiger partial charge < -0.3 is 19.0 Å². The lowest BCUT2D eigenvalue weighted by molar-refractivity contribution is 0.187. The smallest absolute Gasteiger partial charge is 0.162 e. The summed E-state index contributed by atoms with van der Waals surface area (Å²) in [6.45, 7) is 3.15. The summed E-state index contributed by atoms with van der Waals surface area (Å²) >= 11 is 3.47. The molecule has 0 amide bonds. The van der Waals surface area contributed by atoms with E-state index in [1.807, 2.05) is 19.1 Å². The van der Waals surface area contributed by atoms with Crippen LogP contribution < -0.4 is 9.47 Å². The lowest BCUT2D eigenvalue weighted by atomic mass is 10.0. The summed E-state index contributed by atoms with van der Waals surface area (Å²) in [4.78, 5) is 0. The lowest BCUT2D eigenvalue weighted by Gasteiger charge is -2.15. The molecule has 1 aromatic heterocycles. The fourth-order valence-corrected chi connectivity index (χ4v) is 2.75. The van der Waals surface area contributed by atoms with Gasteiger partial charge in [0.1, 0.15) is 11.9 Å². The summed E-state index contributed by atoms with van der Waals surface area (Å²) in [6.07, 6.45) is 1.59. The van der Waals surface area contributed by atoms with Crippen molar-refractivity contribution in [3.05, 3.63) is 45.8 Å². The maximum absolute atomic E-state index is 10.5. The predicted octanol–water partition coefficient (Wildman–Crippen LogP) is 3.59. The van der Waals surface area contributed by atoms with E-state index >= 15 is 0 Å². The van der Waals surface area contributed by atoms with Gasteiger partial charge in [0.25, 0.3) is 0 Å². The molecule has 106 valence electrons. The molecule has 5 heteroatoms. The molecule has 2 heterocycles. The van der Waals surface area contributed by atoms with Crippen molar-refractivity contribution < 1.29 is 19.0 Å². The first-order chi connectivity index (χ1) is 9.66. The SMILES string of the molecule is Cc1ccoc1C(O)c1cc2c(cc1Br)OCCCO2. The third-order valence-corrected chi connectivity index (χ3v) is 4.00. The van der Waals surface area contributed by atoms with E-state index in [0.29, 0.717) is 36.0 Å². The topological polar surface area (TPSA) is 51.8 Å². The zero-order valence-electron chi connectivity index (χ0n) is 11.1. The highest BCUT2D eigenvalue weighted by atomic mass is 79.9. The molecule has 1 aliphatic heterocycles. The van der Waals surface area contributed by atoms with E-state index in [-0.39, 0.29) is 0 Å². The molecule has 3 rings (SSSR count). The zero-order chi connectivity index (χ0) is 14.1. The van der Waals surface area contributed by atoms with E-state index in [2.05, 4.69) is 15.9 Å². The molecular formula is C15H15BrO4. The minimum absolute atomic E-state index is 0.542. The van der Waals surface area contributed by atoms with Crippen LogP contribution in [0.4, 0.5) is 0 Å². The molecule has 0 bridgehead atoms. The lowest BCUT2D eigenvalue weighted by Crippen LogP contribution is -2.02.